The van der Waals surface area contributed by atoms with Crippen molar-refractivity contribution in [2.24, 2.45) is 5.92 Å². The zero-order valence-electron chi connectivity index (χ0n) is 13.3. The van der Waals surface area contributed by atoms with Crippen molar-refractivity contribution in [2.75, 3.05) is 13.1 Å². The summed E-state index contributed by atoms with van der Waals surface area (Å²) >= 11 is 5.89. The molecule has 124 valence electrons. The van der Waals surface area contributed by atoms with Gasteiger partial charge in [-0.2, -0.15) is 0 Å². The van der Waals surface area contributed by atoms with E-state index >= 15 is 0 Å². The highest BCUT2D eigenvalue weighted by Gasteiger charge is 2.31. The Kier molecular flexibility index (Phi) is 5.21. The number of rotatable bonds is 5. The maximum absolute atomic E-state index is 12.3. The first-order valence-corrected chi connectivity index (χ1v) is 8.82. The quantitative estimate of drug-likeness (QED) is 0.900. The second-order valence-corrected chi connectivity index (χ2v) is 7.02. The molecular formula is C18H23ClN2O2. The predicted octanol–water partition coefficient (Wildman–Crippen LogP) is 2.79. The van der Waals surface area contributed by atoms with Gasteiger partial charge in [0.25, 0.3) is 0 Å². The maximum atomic E-state index is 12.3. The number of carbonyl (C=O) groups is 2. The molecule has 0 aromatic heterocycles. The minimum atomic E-state index is -0.0569. The normalized spacial score (nSPS) is 21.9. The summed E-state index contributed by atoms with van der Waals surface area (Å²) in [6.07, 6.45) is 5.34. The van der Waals surface area contributed by atoms with E-state index < -0.39 is 0 Å². The first-order valence-electron chi connectivity index (χ1n) is 8.44. The van der Waals surface area contributed by atoms with Gasteiger partial charge in [-0.15, -0.1) is 0 Å². The van der Waals surface area contributed by atoms with Crippen LogP contribution in [0.1, 0.15) is 37.7 Å². The van der Waals surface area contributed by atoms with Gasteiger partial charge in [-0.25, -0.2) is 0 Å². The lowest BCUT2D eigenvalue weighted by molar-refractivity contribution is -0.138. The standard InChI is InChI=1S/C18H23ClN2O2/c19-15-7-4-13(5-8-15)10-11-21-12-14(6-9-17(21)22)18(23)20-16-2-1-3-16/h4-5,7-8,14,16H,1-3,6,9-12H2,(H,20,23)/t14-/m1/s1. The molecule has 5 heteroatoms. The van der Waals surface area contributed by atoms with Gasteiger partial charge in [0, 0.05) is 30.6 Å². The highest BCUT2D eigenvalue weighted by Crippen LogP contribution is 2.22. The lowest BCUT2D eigenvalue weighted by Crippen LogP contribution is -2.49. The summed E-state index contributed by atoms with van der Waals surface area (Å²) in [6.45, 7) is 1.21. The average Bonchev–Trinajstić information content (AvgIpc) is 2.51. The van der Waals surface area contributed by atoms with E-state index in [1.165, 1.54) is 6.42 Å². The molecule has 1 N–H and O–H groups in total. The molecule has 1 saturated carbocycles. The summed E-state index contributed by atoms with van der Waals surface area (Å²) in [5, 5.41) is 3.83. The Hall–Kier alpha value is -1.55. The fraction of sp³-hybridized carbons (Fsp3) is 0.556. The van der Waals surface area contributed by atoms with Crippen LogP contribution in [0.25, 0.3) is 0 Å². The Morgan fingerprint density at radius 3 is 2.61 bits per heavy atom. The number of benzene rings is 1. The van der Waals surface area contributed by atoms with Gasteiger partial charge in [-0.05, 0) is 49.8 Å². The molecule has 2 amide bonds. The number of amides is 2. The summed E-state index contributed by atoms with van der Waals surface area (Å²) in [7, 11) is 0. The summed E-state index contributed by atoms with van der Waals surface area (Å²) in [4.78, 5) is 26.2. The minimum absolute atomic E-state index is 0.0569. The van der Waals surface area contributed by atoms with Crippen molar-refractivity contribution in [1.29, 1.82) is 0 Å². The molecule has 0 spiro atoms. The predicted molar refractivity (Wildman–Crippen MR) is 90.2 cm³/mol. The molecule has 1 heterocycles. The number of carbonyl (C=O) groups excluding carboxylic acids is 2. The van der Waals surface area contributed by atoms with Gasteiger partial charge in [0.1, 0.15) is 0 Å². The van der Waals surface area contributed by atoms with Crippen LogP contribution in [-0.4, -0.2) is 35.8 Å². The molecule has 1 aliphatic heterocycles. The number of halogens is 1. The van der Waals surface area contributed by atoms with Gasteiger partial charge in [0.15, 0.2) is 0 Å². The lowest BCUT2D eigenvalue weighted by atomic mass is 9.91. The number of piperidine rings is 1. The maximum Gasteiger partial charge on any atom is 0.225 e. The molecular weight excluding hydrogens is 312 g/mol. The Labute approximate surface area is 142 Å². The van der Waals surface area contributed by atoms with Crippen LogP contribution >= 0.6 is 11.6 Å². The van der Waals surface area contributed by atoms with E-state index in [-0.39, 0.29) is 17.7 Å². The van der Waals surface area contributed by atoms with E-state index in [1.807, 2.05) is 29.2 Å². The van der Waals surface area contributed by atoms with Gasteiger partial charge < -0.3 is 10.2 Å². The van der Waals surface area contributed by atoms with Gasteiger partial charge in [0.2, 0.25) is 11.8 Å². The van der Waals surface area contributed by atoms with Crippen molar-refractivity contribution in [3.63, 3.8) is 0 Å². The fourth-order valence-corrected chi connectivity index (χ4v) is 3.26. The fourth-order valence-electron chi connectivity index (χ4n) is 3.13. The number of hydrogen-bond acceptors (Lipinski definition) is 2. The van der Waals surface area contributed by atoms with E-state index in [0.29, 0.717) is 32.0 Å². The van der Waals surface area contributed by atoms with E-state index in [0.717, 1.165) is 29.8 Å². The van der Waals surface area contributed by atoms with Crippen molar-refractivity contribution in [1.82, 2.24) is 10.2 Å². The second kappa shape index (κ2) is 7.35. The number of nitrogens with one attached hydrogen (secondary N) is 1. The van der Waals surface area contributed by atoms with E-state index in [1.54, 1.807) is 0 Å². The highest BCUT2D eigenvalue weighted by molar-refractivity contribution is 6.30. The second-order valence-electron chi connectivity index (χ2n) is 6.59. The number of hydrogen-bond donors (Lipinski definition) is 1. The molecule has 1 saturated heterocycles. The van der Waals surface area contributed by atoms with E-state index in [2.05, 4.69) is 5.32 Å². The number of nitrogens with zero attached hydrogens (tertiary/aromatic N) is 1. The average molecular weight is 335 g/mol. The lowest BCUT2D eigenvalue weighted by Gasteiger charge is -2.34. The van der Waals surface area contributed by atoms with Crippen molar-refractivity contribution >= 4 is 23.4 Å². The molecule has 2 aliphatic rings. The zero-order chi connectivity index (χ0) is 16.2. The molecule has 3 rings (SSSR count). The summed E-state index contributed by atoms with van der Waals surface area (Å²) in [6, 6.07) is 8.06. The van der Waals surface area contributed by atoms with Crippen LogP contribution in [0.15, 0.2) is 24.3 Å². The van der Waals surface area contributed by atoms with Gasteiger partial charge in [-0.1, -0.05) is 23.7 Å². The van der Waals surface area contributed by atoms with Crippen molar-refractivity contribution in [2.45, 2.75) is 44.6 Å². The van der Waals surface area contributed by atoms with Crippen LogP contribution in [-0.2, 0) is 16.0 Å². The minimum Gasteiger partial charge on any atom is -0.353 e. The first kappa shape index (κ1) is 16.3. The van der Waals surface area contributed by atoms with Crippen LogP contribution in [0.4, 0.5) is 0 Å². The molecule has 1 aromatic carbocycles. The molecule has 1 aromatic rings. The van der Waals surface area contributed by atoms with Crippen molar-refractivity contribution < 1.29 is 9.59 Å². The molecule has 23 heavy (non-hydrogen) atoms. The Balaban J connectivity index is 1.51. The summed E-state index contributed by atoms with van der Waals surface area (Å²) in [5.41, 5.74) is 1.16. The SMILES string of the molecule is O=C(NC1CCC1)[C@@H]1CCC(=O)N(CCc2ccc(Cl)cc2)C1. The Bertz CT molecular complexity index is 569. The third kappa shape index (κ3) is 4.25. The first-order chi connectivity index (χ1) is 11.1. The monoisotopic (exact) mass is 334 g/mol. The molecule has 0 unspecified atom stereocenters. The molecule has 2 fully saturated rings. The molecule has 1 aliphatic carbocycles. The van der Waals surface area contributed by atoms with Gasteiger partial charge >= 0.3 is 0 Å². The Morgan fingerprint density at radius 1 is 1.22 bits per heavy atom. The van der Waals surface area contributed by atoms with Gasteiger partial charge in [0.05, 0.1) is 5.92 Å². The summed E-state index contributed by atoms with van der Waals surface area (Å²) in [5.74, 6) is 0.226. The van der Waals surface area contributed by atoms with E-state index in [9.17, 15) is 9.59 Å². The Morgan fingerprint density at radius 2 is 1.96 bits per heavy atom. The van der Waals surface area contributed by atoms with Crippen LogP contribution in [0.5, 0.6) is 0 Å². The van der Waals surface area contributed by atoms with Crippen LogP contribution in [0.3, 0.4) is 0 Å². The number of likely N-dealkylation sites (tertiary alicyclic amines) is 1. The molecule has 1 atom stereocenters. The molecule has 4 nitrogen and oxygen atoms in total. The zero-order valence-corrected chi connectivity index (χ0v) is 14.0. The van der Waals surface area contributed by atoms with Crippen molar-refractivity contribution in [3.8, 4) is 0 Å². The van der Waals surface area contributed by atoms with Crippen LogP contribution < -0.4 is 5.32 Å². The molecule has 0 radical (unpaired) electrons. The third-order valence-corrected chi connectivity index (χ3v) is 5.16. The van der Waals surface area contributed by atoms with Crippen molar-refractivity contribution in [3.05, 3.63) is 34.9 Å². The van der Waals surface area contributed by atoms with Crippen LogP contribution in [0, 0.1) is 5.92 Å². The third-order valence-electron chi connectivity index (χ3n) is 4.91. The topological polar surface area (TPSA) is 49.4 Å². The molecule has 0 bridgehead atoms. The van der Waals surface area contributed by atoms with Crippen LogP contribution in [0.2, 0.25) is 5.02 Å². The van der Waals surface area contributed by atoms with E-state index in [4.69, 9.17) is 11.6 Å². The largest absolute Gasteiger partial charge is 0.353 e. The summed E-state index contributed by atoms with van der Waals surface area (Å²) < 4.78 is 0. The smallest absolute Gasteiger partial charge is 0.225 e. The highest BCUT2D eigenvalue weighted by atomic mass is 35.5. The van der Waals surface area contributed by atoms with Gasteiger partial charge in [-0.3, -0.25) is 9.59 Å².